The Labute approximate surface area is 522 Å². The molecule has 6 N–H and O–H groups in total. The molecule has 0 aliphatic carbocycles. The third-order valence-corrected chi connectivity index (χ3v) is 17.4. The molecule has 0 aliphatic heterocycles. The molecule has 2 unspecified atom stereocenters. The molecule has 0 spiro atoms. The van der Waals surface area contributed by atoms with Crippen LogP contribution in [0, 0.1) is 0 Å². The third kappa shape index (κ3) is 49.6. The fourth-order valence-electron chi connectivity index (χ4n) is 11.5. The Hall–Kier alpha value is -2.32. The van der Waals surface area contributed by atoms with Crippen LogP contribution in [0.25, 0.3) is 0 Å². The number of hydrogen-bond donors (Lipinski definition) is 6. The van der Waals surface area contributed by atoms with Crippen molar-refractivity contribution in [1.82, 2.24) is 0 Å². The minimum atomic E-state index is -2.03. The van der Waals surface area contributed by atoms with Crippen LogP contribution in [0.4, 0.5) is 0 Å². The Kier molecular flexibility index (Phi) is 61.9. The fraction of sp³-hybridized carbons (Fsp3) is 0.795. The van der Waals surface area contributed by atoms with Gasteiger partial charge in [0.15, 0.2) is 0 Å². The van der Waals surface area contributed by atoms with E-state index < -0.39 is 35.6 Å². The van der Waals surface area contributed by atoms with Gasteiger partial charge in [-0.15, -0.1) is 0 Å². The summed E-state index contributed by atoms with van der Waals surface area (Å²) in [4.78, 5) is 0. The maximum atomic E-state index is 12.6. The van der Waals surface area contributed by atoms with Gasteiger partial charge in [0.25, 0.3) is 0 Å². The summed E-state index contributed by atoms with van der Waals surface area (Å²) >= 11 is 0. The molecule has 0 aromatic heterocycles. The Morgan fingerprint density at radius 1 is 0.226 bits per heavy atom. The molecule has 84 heavy (non-hydrogen) atoms. The van der Waals surface area contributed by atoms with Crippen LogP contribution >= 0.6 is 0 Å². The average Bonchev–Trinajstić information content (AvgIpc) is 2.49. The van der Waals surface area contributed by atoms with Crippen LogP contribution in [0.3, 0.4) is 0 Å². The van der Waals surface area contributed by atoms with Crippen LogP contribution in [-0.4, -0.2) is 66.3 Å². The van der Waals surface area contributed by atoms with Gasteiger partial charge < -0.3 is 30.6 Å². The van der Waals surface area contributed by atoms with Crippen molar-refractivity contribution in [2.45, 2.75) is 397 Å². The summed E-state index contributed by atoms with van der Waals surface area (Å²) in [5.41, 5.74) is -4.06. The zero-order valence-corrected chi connectivity index (χ0v) is 56.0. The monoisotopic (exact) mass is 1180 g/mol. The first-order valence-corrected chi connectivity index (χ1v) is 36.5. The number of aliphatic hydroxyl groups excluding tert-OH is 4. The quantitative estimate of drug-likeness (QED) is 0.0267. The Morgan fingerprint density at radius 3 is 0.619 bits per heavy atom. The average molecular weight is 1180 g/mol. The maximum absolute atomic E-state index is 12.6. The minimum absolute atomic E-state index is 0.117. The highest BCUT2D eigenvalue weighted by Gasteiger charge is 2.53. The largest absolute Gasteiger partial charge is 0.390 e. The summed E-state index contributed by atoms with van der Waals surface area (Å²) < 4.78 is 0. The topological polar surface area (TPSA) is 121 Å². The van der Waals surface area contributed by atoms with Gasteiger partial charge in [-0.25, -0.2) is 0 Å². The highest BCUT2D eigenvalue weighted by atomic mass is 16.4. The van der Waals surface area contributed by atoms with E-state index in [2.05, 4.69) is 125 Å². The molecule has 0 rings (SSSR count). The van der Waals surface area contributed by atoms with E-state index >= 15 is 0 Å². The van der Waals surface area contributed by atoms with Gasteiger partial charge in [0, 0.05) is 0 Å². The summed E-state index contributed by atoms with van der Waals surface area (Å²) in [6.45, 7) is 8.97. The predicted octanol–water partition coefficient (Wildman–Crippen LogP) is 22.7. The van der Waals surface area contributed by atoms with Crippen LogP contribution in [0.15, 0.2) is 97.2 Å². The summed E-state index contributed by atoms with van der Waals surface area (Å²) in [6.07, 6.45) is 83.5. The van der Waals surface area contributed by atoms with Gasteiger partial charge in [0.1, 0.15) is 23.4 Å². The van der Waals surface area contributed by atoms with Crippen molar-refractivity contribution in [3.8, 4) is 0 Å². The maximum Gasteiger partial charge on any atom is 0.119 e. The van der Waals surface area contributed by atoms with Gasteiger partial charge in [0.05, 0.1) is 12.2 Å². The van der Waals surface area contributed by atoms with E-state index in [4.69, 9.17) is 0 Å². The van der Waals surface area contributed by atoms with Crippen molar-refractivity contribution in [2.24, 2.45) is 0 Å². The summed E-state index contributed by atoms with van der Waals surface area (Å²) in [6, 6.07) is 0. The Balaban J connectivity index is 5.73. The van der Waals surface area contributed by atoms with Crippen molar-refractivity contribution in [3.05, 3.63) is 97.2 Å². The molecule has 0 amide bonds. The van der Waals surface area contributed by atoms with E-state index in [-0.39, 0.29) is 12.8 Å². The first kappa shape index (κ1) is 81.7. The zero-order chi connectivity index (χ0) is 61.4. The number of rotatable bonds is 65. The van der Waals surface area contributed by atoms with Gasteiger partial charge in [-0.1, -0.05) is 305 Å². The standard InChI is InChI=1S/C78H142O6/c1-5-9-13-17-21-25-29-33-37-41-45-49-53-57-61-65-69-73(79)77(83,71-67-63-59-55-51-47-43-39-35-31-27-23-19-15-11-7-3)75(81)76(82)78(84,72-68-64-60-56-52-48-44-40-36-32-28-24-20-16-12-8-4)74(80)70-66-62-58-54-50-46-42-38-34-30-26-22-18-14-10-6-2/h21-28,33-40,73-76,79-84H,5-20,29-32,41-72H2,1-4H3/b25-21-,26-22-,27-23-,28-24-,37-33-,38-34-,39-35-,40-36-/t73?,74?,75-,76-,77+,78+/m0/s1. The first-order chi connectivity index (χ1) is 41.1. The second-order valence-electron chi connectivity index (χ2n) is 25.3. The number of unbranched alkanes of at least 4 members (excludes halogenated alkanes) is 36. The van der Waals surface area contributed by atoms with Gasteiger partial charge >= 0.3 is 0 Å². The highest BCUT2D eigenvalue weighted by molar-refractivity contribution is 5.05. The van der Waals surface area contributed by atoms with Crippen LogP contribution < -0.4 is 0 Å². The summed E-state index contributed by atoms with van der Waals surface area (Å²) in [5, 5.41) is 73.4. The molecule has 6 atom stereocenters. The Morgan fingerprint density at radius 2 is 0.405 bits per heavy atom. The molecule has 0 bridgehead atoms. The zero-order valence-electron chi connectivity index (χ0n) is 56.0. The lowest BCUT2D eigenvalue weighted by molar-refractivity contribution is -0.238. The number of hydrogen-bond acceptors (Lipinski definition) is 6. The van der Waals surface area contributed by atoms with E-state index in [1.54, 1.807) is 0 Å². The summed E-state index contributed by atoms with van der Waals surface area (Å²) in [5.74, 6) is 0. The van der Waals surface area contributed by atoms with Crippen LogP contribution in [-0.2, 0) is 0 Å². The molecule has 0 aromatic carbocycles. The van der Waals surface area contributed by atoms with Gasteiger partial charge in [-0.3, -0.25) is 0 Å². The lowest BCUT2D eigenvalue weighted by Gasteiger charge is -2.46. The van der Waals surface area contributed by atoms with Gasteiger partial charge in [-0.05, 0) is 154 Å². The van der Waals surface area contributed by atoms with Crippen molar-refractivity contribution >= 4 is 0 Å². The molecule has 0 fully saturated rings. The van der Waals surface area contributed by atoms with E-state index in [9.17, 15) is 30.6 Å². The van der Waals surface area contributed by atoms with Crippen LogP contribution in [0.2, 0.25) is 0 Å². The molecule has 0 saturated carbocycles. The van der Waals surface area contributed by atoms with Crippen LogP contribution in [0.5, 0.6) is 0 Å². The first-order valence-electron chi connectivity index (χ1n) is 36.5. The van der Waals surface area contributed by atoms with E-state index in [1.807, 2.05) is 0 Å². The fourth-order valence-corrected chi connectivity index (χ4v) is 11.5. The molecule has 0 heterocycles. The molecule has 0 saturated heterocycles. The smallest absolute Gasteiger partial charge is 0.119 e. The Bertz CT molecular complexity index is 1470. The molecule has 0 aliphatic rings. The lowest BCUT2D eigenvalue weighted by Crippen LogP contribution is -2.65. The van der Waals surface area contributed by atoms with Gasteiger partial charge in [-0.2, -0.15) is 0 Å². The third-order valence-electron chi connectivity index (χ3n) is 17.4. The van der Waals surface area contributed by atoms with Crippen molar-refractivity contribution < 1.29 is 30.6 Å². The van der Waals surface area contributed by atoms with Crippen molar-refractivity contribution in [1.29, 1.82) is 0 Å². The van der Waals surface area contributed by atoms with Crippen LogP contribution in [0.1, 0.15) is 362 Å². The minimum Gasteiger partial charge on any atom is -0.390 e. The van der Waals surface area contributed by atoms with E-state index in [1.165, 1.54) is 103 Å². The molecular formula is C78H142O6. The predicted molar refractivity (Wildman–Crippen MR) is 370 cm³/mol. The number of aliphatic hydroxyl groups is 6. The molecule has 0 aromatic rings. The van der Waals surface area contributed by atoms with Crippen molar-refractivity contribution in [3.63, 3.8) is 0 Å². The molecular weight excluding hydrogens is 1030 g/mol. The molecule has 490 valence electrons. The summed E-state index contributed by atoms with van der Waals surface area (Å²) in [7, 11) is 0. The second kappa shape index (κ2) is 63.7. The van der Waals surface area contributed by atoms with Crippen molar-refractivity contribution in [2.75, 3.05) is 0 Å². The number of allylic oxidation sites excluding steroid dienone is 16. The molecule has 6 nitrogen and oxygen atoms in total. The lowest BCUT2D eigenvalue weighted by atomic mass is 9.73. The highest BCUT2D eigenvalue weighted by Crippen LogP contribution is 2.36. The normalized spacial score (nSPS) is 15.7. The SMILES string of the molecule is CCCCC/C=C\C/C=C\CCCCCCCCC(O)[C@](O)(CCCCCCCC/C=C\C/C=C\CCCCC)[C@@H](O)[C@H](O)[C@@](O)(CCCCCCCC/C=C\C/C=C\CCCCC)C(O)CCCCCCCC/C=C\C/C=C\CCCCC. The van der Waals surface area contributed by atoms with E-state index in [0.29, 0.717) is 38.5 Å². The molecule has 6 heteroatoms. The molecule has 0 radical (unpaired) electrons. The second-order valence-corrected chi connectivity index (χ2v) is 25.3. The van der Waals surface area contributed by atoms with E-state index in [0.717, 1.165) is 180 Å². The van der Waals surface area contributed by atoms with Gasteiger partial charge in [0.2, 0.25) is 0 Å².